The Labute approximate surface area is 243 Å². The quantitative estimate of drug-likeness (QED) is 0.0820. The van der Waals surface area contributed by atoms with Crippen LogP contribution in [-0.2, 0) is 45.4 Å². The van der Waals surface area contributed by atoms with Gasteiger partial charge in [0, 0.05) is 61.1 Å². The van der Waals surface area contributed by atoms with Crippen LogP contribution in [0, 0.1) is 0 Å². The van der Waals surface area contributed by atoms with Crippen molar-refractivity contribution in [2.45, 2.75) is 143 Å². The van der Waals surface area contributed by atoms with Gasteiger partial charge in [-0.3, -0.25) is 9.59 Å². The summed E-state index contributed by atoms with van der Waals surface area (Å²) in [5, 5.41) is 0. The lowest BCUT2D eigenvalue weighted by Gasteiger charge is -2.06. The number of ether oxygens (including phenoxy) is 2. The van der Waals surface area contributed by atoms with E-state index in [2.05, 4.69) is 47.8 Å². The van der Waals surface area contributed by atoms with E-state index in [1.807, 2.05) is 24.3 Å². The Morgan fingerprint density at radius 1 is 0.525 bits per heavy atom. The zero-order valence-corrected chi connectivity index (χ0v) is 25.3. The lowest BCUT2D eigenvalue weighted by atomic mass is 10.1. The topological polar surface area (TPSA) is 60.4 Å². The van der Waals surface area contributed by atoms with E-state index >= 15 is 0 Å². The second-order valence-electron chi connectivity index (χ2n) is 11.0. The maximum atomic E-state index is 12.1. The minimum atomic E-state index is -0.226. The molecule has 2 aromatic heterocycles. The minimum Gasteiger partial charge on any atom is -0.461 e. The van der Waals surface area contributed by atoms with Gasteiger partial charge in [0.2, 0.25) is 0 Å². The maximum Gasteiger partial charge on any atom is 0.306 e. The van der Waals surface area contributed by atoms with Gasteiger partial charge in [-0.1, -0.05) is 65.2 Å². The first-order valence-electron chi connectivity index (χ1n) is 15.9. The minimum absolute atomic E-state index is 0.226. The SMILES string of the molecule is CCCCCCCC[n+]1ccc(COC(=O)CCCCC(=O)OCc2cc[n+](CCCCCCCC)cc2)cc1. The van der Waals surface area contributed by atoms with Gasteiger partial charge in [-0.15, -0.1) is 0 Å². The number of rotatable bonds is 23. The number of aryl methyl sites for hydroxylation is 2. The second kappa shape index (κ2) is 22.0. The average Bonchev–Trinajstić information content (AvgIpc) is 2.98. The van der Waals surface area contributed by atoms with Crippen molar-refractivity contribution in [1.29, 1.82) is 0 Å². The molecule has 0 aliphatic carbocycles. The molecule has 2 rings (SSSR count). The van der Waals surface area contributed by atoms with E-state index < -0.39 is 0 Å². The van der Waals surface area contributed by atoms with Gasteiger partial charge in [0.05, 0.1) is 0 Å². The second-order valence-corrected chi connectivity index (χ2v) is 11.0. The highest BCUT2D eigenvalue weighted by Gasteiger charge is 2.09. The highest BCUT2D eigenvalue weighted by molar-refractivity contribution is 5.70. The standard InChI is InChI=1S/C34H54N2O4/c1-3-5-7-9-11-15-23-35-25-19-31(20-26-35)29-39-33(37)17-13-14-18-34(38)40-30-32-21-27-36(28-22-32)24-16-12-10-8-6-4-2/h19-22,25-28H,3-18,23-24,29-30H2,1-2H3/q+2. The Hall–Kier alpha value is -2.76. The molecule has 222 valence electrons. The van der Waals surface area contributed by atoms with Gasteiger partial charge in [0.15, 0.2) is 24.8 Å². The third kappa shape index (κ3) is 16.4. The van der Waals surface area contributed by atoms with Crippen molar-refractivity contribution in [3.63, 3.8) is 0 Å². The molecular weight excluding hydrogens is 500 g/mol. The van der Waals surface area contributed by atoms with Crippen molar-refractivity contribution < 1.29 is 28.2 Å². The number of pyridine rings is 2. The fourth-order valence-corrected chi connectivity index (χ4v) is 4.63. The molecule has 40 heavy (non-hydrogen) atoms. The highest BCUT2D eigenvalue weighted by Crippen LogP contribution is 2.08. The summed E-state index contributed by atoms with van der Waals surface area (Å²) in [6.07, 6.45) is 25.6. The molecule has 0 N–H and O–H groups in total. The lowest BCUT2D eigenvalue weighted by molar-refractivity contribution is -0.697. The largest absolute Gasteiger partial charge is 0.461 e. The van der Waals surface area contributed by atoms with Gasteiger partial charge in [-0.2, -0.15) is 0 Å². The summed E-state index contributed by atoms with van der Waals surface area (Å²) in [6, 6.07) is 8.06. The molecule has 0 saturated carbocycles. The molecule has 0 aliphatic heterocycles. The number of carbonyl (C=O) groups excluding carboxylic acids is 2. The Balaban J connectivity index is 1.49. The van der Waals surface area contributed by atoms with Crippen LogP contribution in [0.25, 0.3) is 0 Å². The van der Waals surface area contributed by atoms with Gasteiger partial charge in [-0.05, 0) is 25.7 Å². The highest BCUT2D eigenvalue weighted by atomic mass is 16.5. The molecule has 0 fully saturated rings. The number of hydrogen-bond donors (Lipinski definition) is 0. The fraction of sp³-hybridized carbons (Fsp3) is 0.647. The summed E-state index contributed by atoms with van der Waals surface area (Å²) in [4.78, 5) is 24.2. The number of hydrogen-bond acceptors (Lipinski definition) is 4. The van der Waals surface area contributed by atoms with E-state index in [0.717, 1.165) is 24.2 Å². The molecule has 0 amide bonds. The predicted octanol–water partition coefficient (Wildman–Crippen LogP) is 7.33. The Kier molecular flexibility index (Phi) is 18.4. The van der Waals surface area contributed by atoms with Gasteiger partial charge in [0.25, 0.3) is 0 Å². The van der Waals surface area contributed by atoms with E-state index in [0.29, 0.717) is 25.7 Å². The summed E-state index contributed by atoms with van der Waals surface area (Å²) in [6.45, 7) is 7.11. The number of aromatic nitrogens is 2. The van der Waals surface area contributed by atoms with Crippen molar-refractivity contribution in [2.24, 2.45) is 0 Å². The van der Waals surface area contributed by atoms with E-state index in [1.54, 1.807) is 0 Å². The summed E-state index contributed by atoms with van der Waals surface area (Å²) in [7, 11) is 0. The summed E-state index contributed by atoms with van der Waals surface area (Å²) in [5.41, 5.74) is 1.98. The molecule has 0 aromatic carbocycles. The molecule has 0 bridgehead atoms. The lowest BCUT2D eigenvalue weighted by Crippen LogP contribution is -2.32. The third-order valence-electron chi connectivity index (χ3n) is 7.27. The van der Waals surface area contributed by atoms with Gasteiger partial charge >= 0.3 is 11.9 Å². The molecule has 0 unspecified atom stereocenters. The van der Waals surface area contributed by atoms with Crippen LogP contribution in [0.2, 0.25) is 0 Å². The van der Waals surface area contributed by atoms with E-state index in [1.165, 1.54) is 77.0 Å². The smallest absolute Gasteiger partial charge is 0.306 e. The average molecular weight is 555 g/mol. The molecule has 0 aliphatic rings. The summed E-state index contributed by atoms with van der Waals surface area (Å²) in [5.74, 6) is -0.452. The van der Waals surface area contributed by atoms with Crippen LogP contribution in [0.4, 0.5) is 0 Å². The van der Waals surface area contributed by atoms with Crippen molar-refractivity contribution in [1.82, 2.24) is 0 Å². The van der Waals surface area contributed by atoms with Crippen molar-refractivity contribution in [3.05, 3.63) is 60.2 Å². The Morgan fingerprint density at radius 2 is 0.875 bits per heavy atom. The van der Waals surface area contributed by atoms with Crippen LogP contribution < -0.4 is 9.13 Å². The number of unbranched alkanes of at least 4 members (excludes halogenated alkanes) is 11. The molecule has 0 spiro atoms. The zero-order valence-electron chi connectivity index (χ0n) is 25.3. The maximum absolute atomic E-state index is 12.1. The van der Waals surface area contributed by atoms with Crippen molar-refractivity contribution in [2.75, 3.05) is 0 Å². The van der Waals surface area contributed by atoms with Gasteiger partial charge < -0.3 is 9.47 Å². The van der Waals surface area contributed by atoms with Crippen LogP contribution >= 0.6 is 0 Å². The first-order chi connectivity index (χ1) is 19.6. The van der Waals surface area contributed by atoms with E-state index in [-0.39, 0.29) is 25.2 Å². The molecular formula is C34H54N2O4+2. The molecule has 2 heterocycles. The normalized spacial score (nSPS) is 10.9. The van der Waals surface area contributed by atoms with Crippen LogP contribution in [-0.4, -0.2) is 11.9 Å². The van der Waals surface area contributed by atoms with Crippen LogP contribution in [0.1, 0.15) is 128 Å². The summed E-state index contributed by atoms with van der Waals surface area (Å²) < 4.78 is 15.2. The first kappa shape index (κ1) is 33.4. The van der Waals surface area contributed by atoms with Crippen LogP contribution in [0.15, 0.2) is 49.1 Å². The number of carbonyl (C=O) groups is 2. The predicted molar refractivity (Wildman–Crippen MR) is 158 cm³/mol. The molecule has 2 aromatic rings. The van der Waals surface area contributed by atoms with Crippen molar-refractivity contribution >= 4 is 11.9 Å². The van der Waals surface area contributed by atoms with E-state index in [9.17, 15) is 9.59 Å². The van der Waals surface area contributed by atoms with Gasteiger partial charge in [0.1, 0.15) is 26.3 Å². The van der Waals surface area contributed by atoms with Crippen LogP contribution in [0.5, 0.6) is 0 Å². The number of nitrogens with zero attached hydrogens (tertiary/aromatic N) is 2. The first-order valence-corrected chi connectivity index (χ1v) is 15.9. The third-order valence-corrected chi connectivity index (χ3v) is 7.27. The van der Waals surface area contributed by atoms with Crippen LogP contribution in [0.3, 0.4) is 0 Å². The molecule has 0 radical (unpaired) electrons. The van der Waals surface area contributed by atoms with Gasteiger partial charge in [-0.25, -0.2) is 9.13 Å². The molecule has 0 atom stereocenters. The Bertz CT molecular complexity index is 850. The molecule has 6 nitrogen and oxygen atoms in total. The fourth-order valence-electron chi connectivity index (χ4n) is 4.63. The zero-order chi connectivity index (χ0) is 28.7. The Morgan fingerprint density at radius 3 is 1.25 bits per heavy atom. The molecule has 0 saturated heterocycles. The monoisotopic (exact) mass is 554 g/mol. The van der Waals surface area contributed by atoms with Crippen molar-refractivity contribution in [3.8, 4) is 0 Å². The molecule has 6 heteroatoms. The summed E-state index contributed by atoms with van der Waals surface area (Å²) >= 11 is 0. The number of esters is 2. The van der Waals surface area contributed by atoms with E-state index in [4.69, 9.17) is 9.47 Å².